The molecule has 2 aliphatic carbocycles. The predicted molar refractivity (Wildman–Crippen MR) is 98.5 cm³/mol. The number of aryl methyl sites for hydroxylation is 2. The fraction of sp³-hybridized carbons (Fsp3) is 0.800. The number of fused-ring (bicyclic) bond motifs is 1. The van der Waals surface area contributed by atoms with Gasteiger partial charge < -0.3 is 10.2 Å². The summed E-state index contributed by atoms with van der Waals surface area (Å²) in [6.45, 7) is 4.55. The Hall–Kier alpha value is -1.16. The lowest BCUT2D eigenvalue weighted by Gasteiger charge is -2.39. The Kier molecular flexibility index (Phi) is 5.02. The van der Waals surface area contributed by atoms with Crippen molar-refractivity contribution in [2.45, 2.75) is 89.6 Å². The lowest BCUT2D eigenvalue weighted by atomic mass is 9.92. The van der Waals surface area contributed by atoms with Gasteiger partial charge in [-0.15, -0.1) is 0 Å². The molecule has 2 fully saturated rings. The quantitative estimate of drug-likeness (QED) is 0.914. The summed E-state index contributed by atoms with van der Waals surface area (Å²) in [5.74, 6) is 2.08. The normalized spacial score (nSPS) is 23.9. The van der Waals surface area contributed by atoms with E-state index in [9.17, 15) is 0 Å². The molecular formula is C20H32N4. The van der Waals surface area contributed by atoms with E-state index >= 15 is 0 Å². The van der Waals surface area contributed by atoms with Gasteiger partial charge in [-0.1, -0.05) is 19.3 Å². The molecule has 24 heavy (non-hydrogen) atoms. The van der Waals surface area contributed by atoms with Gasteiger partial charge in [-0.2, -0.15) is 0 Å². The van der Waals surface area contributed by atoms with E-state index in [1.165, 1.54) is 82.1 Å². The molecular weight excluding hydrogens is 296 g/mol. The summed E-state index contributed by atoms with van der Waals surface area (Å²) < 4.78 is 0. The summed E-state index contributed by atoms with van der Waals surface area (Å²) in [5.41, 5.74) is 2.71. The van der Waals surface area contributed by atoms with Crippen molar-refractivity contribution in [1.82, 2.24) is 14.9 Å². The van der Waals surface area contributed by atoms with Crippen molar-refractivity contribution in [2.24, 2.45) is 0 Å². The van der Waals surface area contributed by atoms with Gasteiger partial charge in [-0.05, 0) is 58.3 Å². The molecule has 0 unspecified atom stereocenters. The number of nitrogens with one attached hydrogen (secondary N) is 1. The van der Waals surface area contributed by atoms with Crippen LogP contribution in [0.4, 0.5) is 5.82 Å². The maximum Gasteiger partial charge on any atom is 0.133 e. The van der Waals surface area contributed by atoms with Crippen molar-refractivity contribution in [2.75, 3.05) is 18.4 Å². The van der Waals surface area contributed by atoms with E-state index in [0.29, 0.717) is 6.04 Å². The van der Waals surface area contributed by atoms with Gasteiger partial charge in [0.2, 0.25) is 0 Å². The first-order valence-electron chi connectivity index (χ1n) is 10.2. The van der Waals surface area contributed by atoms with E-state index in [4.69, 9.17) is 4.98 Å². The van der Waals surface area contributed by atoms with E-state index in [-0.39, 0.29) is 0 Å². The van der Waals surface area contributed by atoms with Crippen LogP contribution < -0.4 is 5.32 Å². The Morgan fingerprint density at radius 2 is 1.62 bits per heavy atom. The van der Waals surface area contributed by atoms with Crippen LogP contribution in [0.1, 0.15) is 74.9 Å². The summed E-state index contributed by atoms with van der Waals surface area (Å²) in [6, 6.07) is 1.46. The molecule has 2 heterocycles. The third-order valence-electron chi connectivity index (χ3n) is 6.26. The highest BCUT2D eigenvalue weighted by molar-refractivity contribution is 5.48. The third-order valence-corrected chi connectivity index (χ3v) is 6.26. The smallest absolute Gasteiger partial charge is 0.133 e. The van der Waals surface area contributed by atoms with Gasteiger partial charge in [0.15, 0.2) is 0 Å². The summed E-state index contributed by atoms with van der Waals surface area (Å²) in [6.07, 6.45) is 14.6. The number of likely N-dealkylation sites (tertiary alicyclic amines) is 1. The highest BCUT2D eigenvalue weighted by Gasteiger charge is 2.27. The Balaban J connectivity index is 1.38. The van der Waals surface area contributed by atoms with Crippen LogP contribution >= 0.6 is 0 Å². The number of anilines is 1. The second-order valence-electron chi connectivity index (χ2n) is 8.00. The minimum atomic E-state index is 0.588. The fourth-order valence-electron chi connectivity index (χ4n) is 4.89. The molecule has 0 radical (unpaired) electrons. The van der Waals surface area contributed by atoms with E-state index in [0.717, 1.165) is 30.5 Å². The van der Waals surface area contributed by atoms with Crippen LogP contribution in [0.15, 0.2) is 0 Å². The summed E-state index contributed by atoms with van der Waals surface area (Å²) >= 11 is 0. The molecule has 1 aromatic rings. The number of nitrogens with zero attached hydrogens (tertiary/aromatic N) is 3. The summed E-state index contributed by atoms with van der Waals surface area (Å²) in [7, 11) is 0. The second kappa shape index (κ2) is 7.38. The Morgan fingerprint density at radius 3 is 2.42 bits per heavy atom. The van der Waals surface area contributed by atoms with Crippen molar-refractivity contribution in [1.29, 1.82) is 0 Å². The van der Waals surface area contributed by atoms with E-state index in [1.807, 2.05) is 6.92 Å². The molecule has 3 aliphatic rings. The molecule has 4 rings (SSSR count). The maximum absolute atomic E-state index is 4.75. The molecule has 0 atom stereocenters. The van der Waals surface area contributed by atoms with Crippen molar-refractivity contribution < 1.29 is 0 Å². The van der Waals surface area contributed by atoms with Crippen molar-refractivity contribution in [3.05, 3.63) is 17.1 Å². The third kappa shape index (κ3) is 3.58. The fourth-order valence-corrected chi connectivity index (χ4v) is 4.89. The van der Waals surface area contributed by atoms with Crippen LogP contribution in [0.25, 0.3) is 0 Å². The molecule has 1 N–H and O–H groups in total. The standard InChI is InChI=1S/C20H32N4/c1-15-21-19-10-6-5-9-18(19)20(22-15)23-16-11-13-24(14-12-16)17-7-3-2-4-8-17/h16-17H,2-14H2,1H3,(H,21,22,23). The van der Waals surface area contributed by atoms with E-state index < -0.39 is 0 Å². The van der Waals surface area contributed by atoms with Crippen LogP contribution in [0.5, 0.6) is 0 Å². The Bertz CT molecular complexity index is 557. The van der Waals surface area contributed by atoms with Gasteiger partial charge in [-0.3, -0.25) is 0 Å². The molecule has 4 heteroatoms. The average molecular weight is 329 g/mol. The number of aromatic nitrogens is 2. The highest BCUT2D eigenvalue weighted by atomic mass is 15.2. The molecule has 1 saturated heterocycles. The van der Waals surface area contributed by atoms with Crippen LogP contribution in [-0.2, 0) is 12.8 Å². The van der Waals surface area contributed by atoms with Crippen LogP contribution in [0, 0.1) is 6.92 Å². The zero-order chi connectivity index (χ0) is 16.4. The number of hydrogen-bond acceptors (Lipinski definition) is 4. The van der Waals surface area contributed by atoms with Crippen molar-refractivity contribution in [3.8, 4) is 0 Å². The second-order valence-corrected chi connectivity index (χ2v) is 8.00. The van der Waals surface area contributed by atoms with Gasteiger partial charge in [0.05, 0.1) is 0 Å². The van der Waals surface area contributed by atoms with Gasteiger partial charge in [-0.25, -0.2) is 9.97 Å². The lowest BCUT2D eigenvalue weighted by Crippen LogP contribution is -2.45. The Labute approximate surface area is 146 Å². The van der Waals surface area contributed by atoms with Crippen molar-refractivity contribution >= 4 is 5.82 Å². The molecule has 1 aliphatic heterocycles. The first kappa shape index (κ1) is 16.3. The lowest BCUT2D eigenvalue weighted by molar-refractivity contribution is 0.126. The maximum atomic E-state index is 4.75. The molecule has 0 bridgehead atoms. The van der Waals surface area contributed by atoms with Gasteiger partial charge in [0.25, 0.3) is 0 Å². The first-order valence-corrected chi connectivity index (χ1v) is 10.2. The molecule has 0 spiro atoms. The van der Waals surface area contributed by atoms with E-state index in [1.54, 1.807) is 0 Å². The molecule has 1 saturated carbocycles. The summed E-state index contributed by atoms with van der Waals surface area (Å²) in [5, 5.41) is 3.80. The Morgan fingerprint density at radius 1 is 0.875 bits per heavy atom. The summed E-state index contributed by atoms with van der Waals surface area (Å²) in [4.78, 5) is 12.2. The van der Waals surface area contributed by atoms with Gasteiger partial charge in [0, 0.05) is 36.4 Å². The molecule has 0 aromatic carbocycles. The number of rotatable bonds is 3. The van der Waals surface area contributed by atoms with Gasteiger partial charge >= 0.3 is 0 Å². The molecule has 132 valence electrons. The van der Waals surface area contributed by atoms with Crippen LogP contribution in [0.3, 0.4) is 0 Å². The highest BCUT2D eigenvalue weighted by Crippen LogP contribution is 2.29. The minimum Gasteiger partial charge on any atom is -0.367 e. The predicted octanol–water partition coefficient (Wildman–Crippen LogP) is 3.87. The first-order chi connectivity index (χ1) is 11.8. The zero-order valence-electron chi connectivity index (χ0n) is 15.2. The SMILES string of the molecule is Cc1nc2c(c(NC3CCN(C4CCCCC4)CC3)n1)CCCC2. The average Bonchev–Trinajstić information content (AvgIpc) is 2.63. The zero-order valence-corrected chi connectivity index (χ0v) is 15.2. The van der Waals surface area contributed by atoms with Crippen LogP contribution in [0.2, 0.25) is 0 Å². The molecule has 0 amide bonds. The van der Waals surface area contributed by atoms with Crippen molar-refractivity contribution in [3.63, 3.8) is 0 Å². The van der Waals surface area contributed by atoms with E-state index in [2.05, 4.69) is 15.2 Å². The molecule has 4 nitrogen and oxygen atoms in total. The topological polar surface area (TPSA) is 41.1 Å². The van der Waals surface area contributed by atoms with Crippen LogP contribution in [-0.4, -0.2) is 40.0 Å². The monoisotopic (exact) mass is 328 g/mol. The number of hydrogen-bond donors (Lipinski definition) is 1. The number of piperidine rings is 1. The molecule has 1 aromatic heterocycles. The van der Waals surface area contributed by atoms with Gasteiger partial charge in [0.1, 0.15) is 11.6 Å². The largest absolute Gasteiger partial charge is 0.367 e. The minimum absolute atomic E-state index is 0.588.